The Bertz CT molecular complexity index is 1210. The van der Waals surface area contributed by atoms with Gasteiger partial charge in [0.2, 0.25) is 0 Å². The lowest BCUT2D eigenvalue weighted by Crippen LogP contribution is -2.49. The van der Waals surface area contributed by atoms with Crippen molar-refractivity contribution in [3.05, 3.63) is 59.5 Å². The third-order valence-electron chi connectivity index (χ3n) is 8.20. The molecule has 6 heteroatoms. The number of phenolic OH excluding ortho intramolecular Hbond substituents is 1. The second-order valence-corrected chi connectivity index (χ2v) is 10.2. The van der Waals surface area contributed by atoms with Gasteiger partial charge in [-0.2, -0.15) is 0 Å². The summed E-state index contributed by atoms with van der Waals surface area (Å²) in [6, 6.07) is 12.2. The predicted octanol–water partition coefficient (Wildman–Crippen LogP) is 5.73. The molecule has 33 heavy (non-hydrogen) atoms. The highest BCUT2D eigenvalue weighted by Gasteiger charge is 2.56. The molecule has 1 spiro atoms. The molecule has 1 aromatic heterocycles. The van der Waals surface area contributed by atoms with E-state index >= 15 is 0 Å². The number of aliphatic carboxylic acids is 1. The number of aromatic nitrogens is 1. The number of phenols is 1. The maximum absolute atomic E-state index is 13.7. The molecule has 2 N–H and O–H groups in total. The molecule has 2 heterocycles. The summed E-state index contributed by atoms with van der Waals surface area (Å²) in [5.74, 6) is -0.251. The highest BCUT2D eigenvalue weighted by molar-refractivity contribution is 5.89. The van der Waals surface area contributed by atoms with Crippen LogP contribution in [0.2, 0.25) is 0 Å². The normalized spacial score (nSPS) is 27.4. The number of rotatable bonds is 4. The Balaban J connectivity index is 1.48. The number of halogens is 1. The number of aromatic hydroxyl groups is 1. The summed E-state index contributed by atoms with van der Waals surface area (Å²) >= 11 is 0. The van der Waals surface area contributed by atoms with Crippen molar-refractivity contribution in [3.8, 4) is 11.4 Å². The fourth-order valence-electron chi connectivity index (χ4n) is 6.68. The first-order valence-electron chi connectivity index (χ1n) is 11.9. The molecule has 6 rings (SSSR count). The van der Waals surface area contributed by atoms with Crippen LogP contribution < -0.4 is 0 Å². The number of benzene rings is 2. The summed E-state index contributed by atoms with van der Waals surface area (Å²) in [4.78, 5) is 11.3. The van der Waals surface area contributed by atoms with E-state index in [-0.39, 0.29) is 22.9 Å². The number of carbonyl (C=O) groups is 1. The Hall–Kier alpha value is -2.86. The van der Waals surface area contributed by atoms with E-state index in [2.05, 4.69) is 4.57 Å². The van der Waals surface area contributed by atoms with Gasteiger partial charge in [-0.05, 0) is 97.9 Å². The maximum Gasteiger partial charge on any atom is 0.306 e. The van der Waals surface area contributed by atoms with Crippen LogP contribution in [-0.4, -0.2) is 34.0 Å². The molecule has 2 saturated carbocycles. The van der Waals surface area contributed by atoms with Crippen LogP contribution in [0.1, 0.15) is 61.6 Å². The molecule has 5 nitrogen and oxygen atoms in total. The standard InChI is InChI=1S/C27H28FNO4/c28-19-1-3-20(4-2-19)29-23-6-5-21(30)11-22(23)24(25(29)16-7-9-33-10-8-16)17-12-27(13-17)14-18(15-27)26(31)32/h1-6,11,16-18,30H,7-10,12-15H2,(H,31,32). The van der Waals surface area contributed by atoms with E-state index in [1.807, 2.05) is 24.3 Å². The molecule has 1 saturated heterocycles. The van der Waals surface area contributed by atoms with Crippen molar-refractivity contribution in [3.63, 3.8) is 0 Å². The van der Waals surface area contributed by atoms with E-state index in [9.17, 15) is 19.4 Å². The minimum Gasteiger partial charge on any atom is -0.508 e. The van der Waals surface area contributed by atoms with Gasteiger partial charge in [0.25, 0.3) is 0 Å². The minimum absolute atomic E-state index is 0.155. The van der Waals surface area contributed by atoms with Crippen LogP contribution in [0.25, 0.3) is 16.6 Å². The Kier molecular flexibility index (Phi) is 4.77. The maximum atomic E-state index is 13.7. The number of carboxylic acid groups (broad SMARTS) is 1. The molecule has 2 aliphatic carbocycles. The van der Waals surface area contributed by atoms with Crippen molar-refractivity contribution >= 4 is 16.9 Å². The number of ether oxygens (including phenoxy) is 1. The van der Waals surface area contributed by atoms with Gasteiger partial charge in [0.1, 0.15) is 11.6 Å². The van der Waals surface area contributed by atoms with Crippen LogP contribution in [0.3, 0.4) is 0 Å². The van der Waals surface area contributed by atoms with E-state index in [1.165, 1.54) is 23.4 Å². The second kappa shape index (κ2) is 7.59. The van der Waals surface area contributed by atoms with Gasteiger partial charge < -0.3 is 19.5 Å². The van der Waals surface area contributed by atoms with Gasteiger partial charge in [0.05, 0.1) is 11.4 Å². The number of hydrogen-bond acceptors (Lipinski definition) is 3. The van der Waals surface area contributed by atoms with Gasteiger partial charge in [-0.1, -0.05) is 0 Å². The quantitative estimate of drug-likeness (QED) is 0.534. The summed E-state index contributed by atoms with van der Waals surface area (Å²) in [5.41, 5.74) is 4.63. The van der Waals surface area contributed by atoms with Crippen LogP contribution in [0.15, 0.2) is 42.5 Å². The van der Waals surface area contributed by atoms with Crippen molar-refractivity contribution in [2.45, 2.75) is 50.4 Å². The first-order valence-corrected chi connectivity index (χ1v) is 11.9. The zero-order chi connectivity index (χ0) is 22.7. The lowest BCUT2D eigenvalue weighted by Gasteiger charge is -2.57. The molecule has 1 aliphatic heterocycles. The third kappa shape index (κ3) is 3.34. The van der Waals surface area contributed by atoms with Gasteiger partial charge in [-0.25, -0.2) is 4.39 Å². The smallest absolute Gasteiger partial charge is 0.306 e. The first kappa shape index (κ1) is 20.7. The van der Waals surface area contributed by atoms with Crippen molar-refractivity contribution in [2.75, 3.05) is 13.2 Å². The number of carboxylic acids is 1. The molecule has 172 valence electrons. The molecular formula is C27H28FNO4. The summed E-state index contributed by atoms with van der Waals surface area (Å²) in [6.07, 6.45) is 5.38. The first-order chi connectivity index (χ1) is 15.9. The average Bonchev–Trinajstić information content (AvgIpc) is 3.07. The van der Waals surface area contributed by atoms with Gasteiger partial charge in [-0.15, -0.1) is 0 Å². The number of fused-ring (bicyclic) bond motifs is 1. The Morgan fingerprint density at radius 1 is 1.00 bits per heavy atom. The topological polar surface area (TPSA) is 71.7 Å². The summed E-state index contributed by atoms with van der Waals surface area (Å²) in [7, 11) is 0. The van der Waals surface area contributed by atoms with Crippen LogP contribution in [0, 0.1) is 17.2 Å². The highest BCUT2D eigenvalue weighted by atomic mass is 19.1. The van der Waals surface area contributed by atoms with Crippen LogP contribution in [0.5, 0.6) is 5.75 Å². The fraction of sp³-hybridized carbons (Fsp3) is 0.444. The van der Waals surface area contributed by atoms with Crippen LogP contribution in [0.4, 0.5) is 4.39 Å². The monoisotopic (exact) mass is 449 g/mol. The van der Waals surface area contributed by atoms with Crippen LogP contribution in [-0.2, 0) is 9.53 Å². The number of hydrogen-bond donors (Lipinski definition) is 2. The molecule has 0 bridgehead atoms. The average molecular weight is 450 g/mol. The highest BCUT2D eigenvalue weighted by Crippen LogP contribution is 2.65. The SMILES string of the molecule is O=C(O)C1CC2(C1)CC(c1c(C3CCOCC3)n(-c3ccc(F)cc3)c3ccc(O)cc13)C2. The summed E-state index contributed by atoms with van der Waals surface area (Å²) in [6.45, 7) is 1.43. The molecule has 3 aromatic rings. The second-order valence-electron chi connectivity index (χ2n) is 10.2. The molecule has 3 aliphatic rings. The van der Waals surface area contributed by atoms with E-state index in [4.69, 9.17) is 4.74 Å². The molecule has 0 atom stereocenters. The van der Waals surface area contributed by atoms with Crippen molar-refractivity contribution in [2.24, 2.45) is 11.3 Å². The predicted molar refractivity (Wildman–Crippen MR) is 122 cm³/mol. The minimum atomic E-state index is -0.676. The van der Waals surface area contributed by atoms with Crippen LogP contribution >= 0.6 is 0 Å². The zero-order valence-corrected chi connectivity index (χ0v) is 18.5. The van der Waals surface area contributed by atoms with Gasteiger partial charge in [-0.3, -0.25) is 4.79 Å². The van der Waals surface area contributed by atoms with Gasteiger partial charge in [0.15, 0.2) is 0 Å². The van der Waals surface area contributed by atoms with E-state index in [0.717, 1.165) is 68.3 Å². The zero-order valence-electron chi connectivity index (χ0n) is 18.5. The van der Waals surface area contributed by atoms with E-state index in [0.29, 0.717) is 11.8 Å². The van der Waals surface area contributed by atoms with Crippen molar-refractivity contribution < 1.29 is 24.1 Å². The van der Waals surface area contributed by atoms with Crippen molar-refractivity contribution in [1.82, 2.24) is 4.57 Å². The molecule has 0 unspecified atom stereocenters. The lowest BCUT2D eigenvalue weighted by molar-refractivity contribution is -0.155. The largest absolute Gasteiger partial charge is 0.508 e. The fourth-order valence-corrected chi connectivity index (χ4v) is 6.68. The molecule has 0 amide bonds. The molecule has 3 fully saturated rings. The molecular weight excluding hydrogens is 421 g/mol. The van der Waals surface area contributed by atoms with Gasteiger partial charge >= 0.3 is 5.97 Å². The Morgan fingerprint density at radius 3 is 2.36 bits per heavy atom. The molecule has 2 aromatic carbocycles. The summed E-state index contributed by atoms with van der Waals surface area (Å²) < 4.78 is 21.7. The Morgan fingerprint density at radius 2 is 1.70 bits per heavy atom. The number of nitrogens with zero attached hydrogens (tertiary/aromatic N) is 1. The third-order valence-corrected chi connectivity index (χ3v) is 8.20. The summed E-state index contributed by atoms with van der Waals surface area (Å²) in [5, 5.41) is 20.7. The van der Waals surface area contributed by atoms with Gasteiger partial charge in [0, 0.05) is 35.9 Å². The Labute approximate surface area is 191 Å². The molecule has 0 radical (unpaired) electrons. The van der Waals surface area contributed by atoms with E-state index < -0.39 is 5.97 Å². The lowest BCUT2D eigenvalue weighted by atomic mass is 9.47. The van der Waals surface area contributed by atoms with E-state index in [1.54, 1.807) is 6.07 Å². The van der Waals surface area contributed by atoms with Crippen molar-refractivity contribution in [1.29, 1.82) is 0 Å².